The fraction of sp³-hybridized carbons (Fsp3) is 0.500. The number of amides is 1. The quantitative estimate of drug-likeness (QED) is 0.835. The number of hydrogen-bond donors (Lipinski definition) is 2. The lowest BCUT2D eigenvalue weighted by Gasteiger charge is -2.17. The van der Waals surface area contributed by atoms with E-state index in [4.69, 9.17) is 5.73 Å². The smallest absolute Gasteiger partial charge is 0.330 e. The minimum absolute atomic E-state index is 0. The van der Waals surface area contributed by atoms with Crippen LogP contribution in [0.1, 0.15) is 19.3 Å². The van der Waals surface area contributed by atoms with Gasteiger partial charge in [-0.25, -0.2) is 8.42 Å². The van der Waals surface area contributed by atoms with Gasteiger partial charge in [-0.3, -0.25) is 4.79 Å². The van der Waals surface area contributed by atoms with Gasteiger partial charge in [-0.1, -0.05) is 12.5 Å². The van der Waals surface area contributed by atoms with E-state index in [2.05, 4.69) is 5.32 Å². The second kappa shape index (κ2) is 8.03. The summed E-state index contributed by atoms with van der Waals surface area (Å²) in [6, 6.07) is 4.91. The molecule has 2 atom stereocenters. The molecule has 0 radical (unpaired) electrons. The second-order valence-electron chi connectivity index (χ2n) is 5.36. The molecule has 0 heterocycles. The van der Waals surface area contributed by atoms with Crippen molar-refractivity contribution in [3.8, 4) is 0 Å². The molecule has 1 aliphatic carbocycles. The normalized spacial score (nSPS) is 21.0. The fourth-order valence-electron chi connectivity index (χ4n) is 2.75. The van der Waals surface area contributed by atoms with E-state index in [1.165, 1.54) is 12.1 Å². The predicted octanol–water partition coefficient (Wildman–Crippen LogP) is 2.42. The van der Waals surface area contributed by atoms with E-state index >= 15 is 0 Å². The SMILES string of the molecule is Cl.NC[C@H]1CCC[C@H]1C(=O)Nc1cccc(S(=O)(=O)C(F)F)c1. The molecular weight excluding hydrogens is 350 g/mol. The monoisotopic (exact) mass is 368 g/mol. The first-order valence-electron chi connectivity index (χ1n) is 6.99. The highest BCUT2D eigenvalue weighted by atomic mass is 35.5. The number of nitrogens with one attached hydrogen (secondary N) is 1. The number of nitrogens with two attached hydrogens (primary N) is 1. The first-order chi connectivity index (χ1) is 10.4. The van der Waals surface area contributed by atoms with Gasteiger partial charge in [-0.2, -0.15) is 8.78 Å². The van der Waals surface area contributed by atoms with Crippen molar-refractivity contribution in [1.29, 1.82) is 0 Å². The van der Waals surface area contributed by atoms with Gasteiger partial charge in [0, 0.05) is 11.6 Å². The van der Waals surface area contributed by atoms with Gasteiger partial charge in [-0.05, 0) is 43.5 Å². The zero-order valence-corrected chi connectivity index (χ0v) is 13.9. The van der Waals surface area contributed by atoms with Crippen LogP contribution in [0.3, 0.4) is 0 Å². The summed E-state index contributed by atoms with van der Waals surface area (Å²) in [6.07, 6.45) is 2.52. The number of carbonyl (C=O) groups is 1. The molecule has 1 amide bonds. The number of benzene rings is 1. The summed E-state index contributed by atoms with van der Waals surface area (Å²) in [6.45, 7) is 0.415. The van der Waals surface area contributed by atoms with Crippen molar-refractivity contribution in [3.05, 3.63) is 24.3 Å². The number of anilines is 1. The molecular formula is C14H19ClF2N2O3S. The van der Waals surface area contributed by atoms with Crippen LogP contribution in [0, 0.1) is 11.8 Å². The summed E-state index contributed by atoms with van der Waals surface area (Å²) >= 11 is 0. The summed E-state index contributed by atoms with van der Waals surface area (Å²) in [7, 11) is -4.67. The Bertz CT molecular complexity index is 655. The average Bonchev–Trinajstić information content (AvgIpc) is 2.96. The van der Waals surface area contributed by atoms with Gasteiger partial charge in [0.2, 0.25) is 15.7 Å². The summed E-state index contributed by atoms with van der Waals surface area (Å²) in [4.78, 5) is 11.7. The zero-order valence-electron chi connectivity index (χ0n) is 12.2. The van der Waals surface area contributed by atoms with Gasteiger partial charge in [0.05, 0.1) is 4.90 Å². The zero-order chi connectivity index (χ0) is 16.3. The van der Waals surface area contributed by atoms with E-state index in [-0.39, 0.29) is 35.8 Å². The van der Waals surface area contributed by atoms with Crippen molar-refractivity contribution in [3.63, 3.8) is 0 Å². The maximum Gasteiger partial charge on any atom is 0.341 e. The van der Waals surface area contributed by atoms with Crippen molar-refractivity contribution in [2.45, 2.75) is 29.9 Å². The Labute approximate surface area is 140 Å². The molecule has 0 saturated heterocycles. The molecule has 1 aromatic carbocycles. The lowest BCUT2D eigenvalue weighted by atomic mass is 9.95. The summed E-state index contributed by atoms with van der Waals surface area (Å²) in [5, 5.41) is 2.60. The minimum Gasteiger partial charge on any atom is -0.330 e. The largest absolute Gasteiger partial charge is 0.341 e. The van der Waals surface area contributed by atoms with Crippen LogP contribution in [0.25, 0.3) is 0 Å². The number of hydrogen-bond acceptors (Lipinski definition) is 4. The van der Waals surface area contributed by atoms with Crippen molar-refractivity contribution in [2.75, 3.05) is 11.9 Å². The third-order valence-electron chi connectivity index (χ3n) is 3.96. The number of rotatable bonds is 5. The molecule has 1 saturated carbocycles. The summed E-state index contributed by atoms with van der Waals surface area (Å²) in [5.74, 6) is -3.86. The van der Waals surface area contributed by atoms with Crippen LogP contribution in [-0.2, 0) is 14.6 Å². The summed E-state index contributed by atoms with van der Waals surface area (Å²) < 4.78 is 48.0. The van der Waals surface area contributed by atoms with Crippen molar-refractivity contribution in [1.82, 2.24) is 0 Å². The van der Waals surface area contributed by atoms with Crippen LogP contribution in [0.5, 0.6) is 0 Å². The standard InChI is InChI=1S/C14H18F2N2O3S.ClH/c15-14(16)22(20,21)11-5-2-4-10(7-11)18-13(19)12-6-1-3-9(12)8-17;/h2,4-5,7,9,12,14H,1,3,6,8,17H2,(H,18,19);1H/t9-,12-;/m1./s1. The topological polar surface area (TPSA) is 89.3 Å². The van der Waals surface area contributed by atoms with Gasteiger partial charge in [0.1, 0.15) is 0 Å². The maximum absolute atomic E-state index is 12.5. The van der Waals surface area contributed by atoms with Crippen LogP contribution < -0.4 is 11.1 Å². The van der Waals surface area contributed by atoms with Crippen LogP contribution in [0.15, 0.2) is 29.2 Å². The van der Waals surface area contributed by atoms with Crippen LogP contribution in [0.2, 0.25) is 0 Å². The van der Waals surface area contributed by atoms with Gasteiger partial charge < -0.3 is 11.1 Å². The van der Waals surface area contributed by atoms with Gasteiger partial charge in [0.25, 0.3) is 0 Å². The Kier molecular flexibility index (Phi) is 6.91. The number of alkyl halides is 2. The van der Waals surface area contributed by atoms with Crippen molar-refractivity contribution in [2.24, 2.45) is 17.6 Å². The lowest BCUT2D eigenvalue weighted by Crippen LogP contribution is -2.29. The van der Waals surface area contributed by atoms with Gasteiger partial charge in [-0.15, -0.1) is 12.4 Å². The third kappa shape index (κ3) is 4.39. The Morgan fingerprint density at radius 2 is 2.04 bits per heavy atom. The fourth-order valence-corrected chi connectivity index (χ4v) is 3.52. The second-order valence-corrected chi connectivity index (χ2v) is 7.27. The Morgan fingerprint density at radius 1 is 1.35 bits per heavy atom. The molecule has 5 nitrogen and oxygen atoms in total. The number of halogens is 3. The van der Waals surface area contributed by atoms with Crippen molar-refractivity contribution < 1.29 is 22.0 Å². The van der Waals surface area contributed by atoms with Crippen LogP contribution in [-0.4, -0.2) is 26.6 Å². The summed E-state index contributed by atoms with van der Waals surface area (Å²) in [5.41, 5.74) is 5.82. The number of carbonyl (C=O) groups excluding carboxylic acids is 1. The number of sulfone groups is 1. The average molecular weight is 369 g/mol. The van der Waals surface area contributed by atoms with Gasteiger partial charge in [0.15, 0.2) is 0 Å². The minimum atomic E-state index is -4.67. The lowest BCUT2D eigenvalue weighted by molar-refractivity contribution is -0.120. The predicted molar refractivity (Wildman–Crippen MR) is 85.4 cm³/mol. The molecule has 0 unspecified atom stereocenters. The molecule has 1 fully saturated rings. The highest BCUT2D eigenvalue weighted by Gasteiger charge is 2.32. The highest BCUT2D eigenvalue weighted by Crippen LogP contribution is 2.32. The van der Waals surface area contributed by atoms with Crippen LogP contribution >= 0.6 is 12.4 Å². The van der Waals surface area contributed by atoms with Crippen molar-refractivity contribution >= 4 is 33.8 Å². The van der Waals surface area contributed by atoms with Gasteiger partial charge >= 0.3 is 5.76 Å². The Morgan fingerprint density at radius 3 is 2.65 bits per heavy atom. The van der Waals surface area contributed by atoms with E-state index in [0.717, 1.165) is 31.4 Å². The molecule has 130 valence electrons. The first-order valence-corrected chi connectivity index (χ1v) is 8.54. The molecule has 2 rings (SSSR count). The molecule has 1 aromatic rings. The van der Waals surface area contributed by atoms with Crippen LogP contribution in [0.4, 0.5) is 14.5 Å². The molecule has 0 bridgehead atoms. The Hall–Kier alpha value is -1.25. The van der Waals surface area contributed by atoms with E-state index in [1.54, 1.807) is 0 Å². The Balaban J connectivity index is 0.00000264. The first kappa shape index (κ1) is 19.8. The van der Waals surface area contributed by atoms with E-state index in [1.807, 2.05) is 0 Å². The van der Waals surface area contributed by atoms with E-state index < -0.39 is 20.5 Å². The van der Waals surface area contributed by atoms with E-state index in [0.29, 0.717) is 6.54 Å². The molecule has 1 aliphatic rings. The molecule has 0 aliphatic heterocycles. The van der Waals surface area contributed by atoms with E-state index in [9.17, 15) is 22.0 Å². The molecule has 9 heteroatoms. The highest BCUT2D eigenvalue weighted by molar-refractivity contribution is 7.91. The third-order valence-corrected chi connectivity index (χ3v) is 5.34. The molecule has 23 heavy (non-hydrogen) atoms. The maximum atomic E-state index is 12.5. The molecule has 0 aromatic heterocycles. The molecule has 0 spiro atoms. The molecule has 3 N–H and O–H groups in total.